The van der Waals surface area contributed by atoms with Crippen molar-refractivity contribution in [1.29, 1.82) is 0 Å². The molecule has 6 nitrogen and oxygen atoms in total. The molecular weight excluding hydrogens is 451 g/mol. The van der Waals surface area contributed by atoms with Crippen LogP contribution >= 0.6 is 15.9 Å². The SMILES string of the molecule is C/C(=N\NS(=O)(=O)c1ccc(Br)cc1)c1ccc(NC(=O)C(F)(F)F)cc1. The Morgan fingerprint density at radius 2 is 1.59 bits per heavy atom. The zero-order chi connectivity index (χ0) is 20.2. The van der Waals surface area contributed by atoms with E-state index in [1.54, 1.807) is 17.4 Å². The van der Waals surface area contributed by atoms with E-state index < -0.39 is 22.1 Å². The van der Waals surface area contributed by atoms with Crippen molar-refractivity contribution in [3.63, 3.8) is 0 Å². The Morgan fingerprint density at radius 1 is 1.04 bits per heavy atom. The minimum absolute atomic E-state index is 0.0208. The predicted octanol–water partition coefficient (Wildman–Crippen LogP) is 3.65. The number of anilines is 1. The first-order valence-electron chi connectivity index (χ1n) is 7.29. The number of nitrogens with one attached hydrogen (secondary N) is 2. The molecule has 0 bridgehead atoms. The van der Waals surface area contributed by atoms with Gasteiger partial charge in [0.1, 0.15) is 0 Å². The molecule has 2 aromatic rings. The summed E-state index contributed by atoms with van der Waals surface area (Å²) in [5.41, 5.74) is 0.687. The Hall–Kier alpha value is -2.40. The zero-order valence-corrected chi connectivity index (χ0v) is 16.1. The molecule has 0 atom stereocenters. The number of benzene rings is 2. The molecule has 0 fully saturated rings. The van der Waals surface area contributed by atoms with Crippen LogP contribution in [0.3, 0.4) is 0 Å². The van der Waals surface area contributed by atoms with Gasteiger partial charge in [0.05, 0.1) is 10.6 Å². The Balaban J connectivity index is 2.09. The maximum absolute atomic E-state index is 12.2. The third-order valence-electron chi connectivity index (χ3n) is 3.28. The van der Waals surface area contributed by atoms with Crippen molar-refractivity contribution < 1.29 is 26.4 Å². The average Bonchev–Trinajstić information content (AvgIpc) is 2.60. The first kappa shape index (κ1) is 20.9. The number of hydrogen-bond donors (Lipinski definition) is 2. The highest BCUT2D eigenvalue weighted by atomic mass is 79.9. The van der Waals surface area contributed by atoms with E-state index in [4.69, 9.17) is 0 Å². The summed E-state index contributed by atoms with van der Waals surface area (Å²) in [5.74, 6) is -2.08. The standard InChI is InChI=1S/C16H13BrF3N3O3S/c1-10(22-23-27(25,26)14-8-4-12(17)5-9-14)11-2-6-13(7-3-11)21-15(24)16(18,19)20/h2-9,23H,1H3,(H,21,24)/b22-10+. The lowest BCUT2D eigenvalue weighted by atomic mass is 10.1. The summed E-state index contributed by atoms with van der Waals surface area (Å²) < 4.78 is 61.7. The summed E-state index contributed by atoms with van der Waals surface area (Å²) in [4.78, 5) is 13.0. The number of nitrogens with zero attached hydrogens (tertiary/aromatic N) is 1. The van der Waals surface area contributed by atoms with Gasteiger partial charge >= 0.3 is 12.1 Å². The molecule has 1 amide bonds. The van der Waals surface area contributed by atoms with E-state index in [2.05, 4.69) is 25.9 Å². The third-order valence-corrected chi connectivity index (χ3v) is 5.03. The highest BCUT2D eigenvalue weighted by molar-refractivity contribution is 9.10. The second-order valence-corrected chi connectivity index (χ2v) is 7.85. The Kier molecular flexibility index (Phi) is 6.26. The average molecular weight is 464 g/mol. The van der Waals surface area contributed by atoms with Gasteiger partial charge in [0.2, 0.25) is 0 Å². The maximum atomic E-state index is 12.2. The van der Waals surface area contributed by atoms with Crippen molar-refractivity contribution in [2.24, 2.45) is 5.10 Å². The van der Waals surface area contributed by atoms with E-state index in [-0.39, 0.29) is 16.3 Å². The number of carbonyl (C=O) groups excluding carboxylic acids is 1. The maximum Gasteiger partial charge on any atom is 0.471 e. The van der Waals surface area contributed by atoms with Gasteiger partial charge in [0, 0.05) is 10.2 Å². The van der Waals surface area contributed by atoms with Gasteiger partial charge in [0.15, 0.2) is 0 Å². The van der Waals surface area contributed by atoms with Crippen LogP contribution in [0.2, 0.25) is 0 Å². The van der Waals surface area contributed by atoms with Crippen molar-refractivity contribution in [3.8, 4) is 0 Å². The fourth-order valence-electron chi connectivity index (χ4n) is 1.86. The lowest BCUT2D eigenvalue weighted by Crippen LogP contribution is -2.29. The van der Waals surface area contributed by atoms with Crippen LogP contribution in [-0.2, 0) is 14.8 Å². The lowest BCUT2D eigenvalue weighted by molar-refractivity contribution is -0.167. The predicted molar refractivity (Wildman–Crippen MR) is 97.8 cm³/mol. The molecule has 144 valence electrons. The van der Waals surface area contributed by atoms with Crippen LogP contribution in [0.1, 0.15) is 12.5 Å². The van der Waals surface area contributed by atoms with E-state index in [0.29, 0.717) is 5.56 Å². The first-order chi connectivity index (χ1) is 12.5. The minimum Gasteiger partial charge on any atom is -0.318 e. The summed E-state index contributed by atoms with van der Waals surface area (Å²) in [5, 5.41) is 5.51. The molecule has 2 rings (SSSR count). The van der Waals surface area contributed by atoms with Gasteiger partial charge in [-0.25, -0.2) is 0 Å². The largest absolute Gasteiger partial charge is 0.471 e. The second-order valence-electron chi connectivity index (χ2n) is 5.28. The highest BCUT2D eigenvalue weighted by Gasteiger charge is 2.38. The van der Waals surface area contributed by atoms with E-state index in [9.17, 15) is 26.4 Å². The normalized spacial score (nSPS) is 12.6. The lowest BCUT2D eigenvalue weighted by Gasteiger charge is -2.09. The number of carbonyl (C=O) groups is 1. The van der Waals surface area contributed by atoms with Crippen LogP contribution in [0.5, 0.6) is 0 Å². The van der Waals surface area contributed by atoms with Crippen molar-refractivity contribution in [2.75, 3.05) is 5.32 Å². The number of sulfonamides is 1. The summed E-state index contributed by atoms with van der Waals surface area (Å²) in [6.45, 7) is 1.52. The van der Waals surface area contributed by atoms with E-state index in [0.717, 1.165) is 4.47 Å². The van der Waals surface area contributed by atoms with Crippen LogP contribution < -0.4 is 10.1 Å². The molecule has 11 heteroatoms. The van der Waals surface area contributed by atoms with Gasteiger partial charge in [-0.05, 0) is 48.9 Å². The van der Waals surface area contributed by atoms with Gasteiger partial charge in [0.25, 0.3) is 10.0 Å². The highest BCUT2D eigenvalue weighted by Crippen LogP contribution is 2.19. The molecule has 2 aromatic carbocycles. The van der Waals surface area contributed by atoms with Crippen molar-refractivity contribution >= 4 is 43.3 Å². The van der Waals surface area contributed by atoms with E-state index in [1.165, 1.54) is 43.3 Å². The van der Waals surface area contributed by atoms with Crippen LogP contribution in [-0.4, -0.2) is 26.2 Å². The van der Waals surface area contributed by atoms with Crippen molar-refractivity contribution in [3.05, 3.63) is 58.6 Å². The van der Waals surface area contributed by atoms with Crippen molar-refractivity contribution in [2.45, 2.75) is 18.0 Å². The van der Waals surface area contributed by atoms with Crippen LogP contribution in [0.4, 0.5) is 18.9 Å². The van der Waals surface area contributed by atoms with E-state index >= 15 is 0 Å². The molecule has 0 aliphatic heterocycles. The first-order valence-corrected chi connectivity index (χ1v) is 9.57. The Bertz CT molecular complexity index is 957. The molecule has 0 spiro atoms. The molecule has 0 aromatic heterocycles. The topological polar surface area (TPSA) is 87.6 Å². The molecule has 0 heterocycles. The van der Waals surface area contributed by atoms with Gasteiger partial charge in [-0.1, -0.05) is 28.1 Å². The fourth-order valence-corrected chi connectivity index (χ4v) is 2.98. The quantitative estimate of drug-likeness (QED) is 0.523. The summed E-state index contributed by atoms with van der Waals surface area (Å²) in [7, 11) is -3.86. The van der Waals surface area contributed by atoms with Gasteiger partial charge in [-0.15, -0.1) is 0 Å². The smallest absolute Gasteiger partial charge is 0.318 e. The summed E-state index contributed by atoms with van der Waals surface area (Å²) >= 11 is 3.21. The van der Waals surface area contributed by atoms with Crippen molar-refractivity contribution in [1.82, 2.24) is 4.83 Å². The van der Waals surface area contributed by atoms with Gasteiger partial charge < -0.3 is 5.32 Å². The molecule has 2 N–H and O–H groups in total. The number of amides is 1. The Labute approximate surface area is 161 Å². The molecule has 0 saturated heterocycles. The van der Waals surface area contributed by atoms with E-state index in [1.807, 2.05) is 0 Å². The Morgan fingerprint density at radius 3 is 2.11 bits per heavy atom. The molecular formula is C16H13BrF3N3O3S. The number of rotatable bonds is 5. The van der Waals surface area contributed by atoms with Crippen LogP contribution in [0, 0.1) is 0 Å². The number of hydrazone groups is 1. The molecule has 0 aliphatic rings. The van der Waals surface area contributed by atoms with Crippen LogP contribution in [0.15, 0.2) is 63.0 Å². The molecule has 27 heavy (non-hydrogen) atoms. The van der Waals surface area contributed by atoms with Gasteiger partial charge in [-0.3, -0.25) is 4.79 Å². The molecule has 0 saturated carbocycles. The number of hydrogen-bond acceptors (Lipinski definition) is 4. The zero-order valence-electron chi connectivity index (χ0n) is 13.7. The number of halogens is 4. The minimum atomic E-state index is -4.98. The molecule has 0 aliphatic carbocycles. The van der Waals surface area contributed by atoms with Crippen LogP contribution in [0.25, 0.3) is 0 Å². The summed E-state index contributed by atoms with van der Waals surface area (Å²) in [6, 6.07) is 11.2. The molecule has 0 radical (unpaired) electrons. The molecule has 0 unspecified atom stereocenters. The third kappa shape index (κ3) is 5.79. The number of alkyl halides is 3. The summed E-state index contributed by atoms with van der Waals surface area (Å²) in [6.07, 6.45) is -4.98. The fraction of sp³-hybridized carbons (Fsp3) is 0.125. The second kappa shape index (κ2) is 8.09. The van der Waals surface area contributed by atoms with Gasteiger partial charge in [-0.2, -0.15) is 31.5 Å². The monoisotopic (exact) mass is 463 g/mol.